The van der Waals surface area contributed by atoms with Crippen LogP contribution < -0.4 is 10.6 Å². The first-order valence-corrected chi connectivity index (χ1v) is 9.73. The summed E-state index contributed by atoms with van der Waals surface area (Å²) in [5.74, 6) is -1.39. The van der Waals surface area contributed by atoms with Crippen molar-refractivity contribution >= 4 is 34.4 Å². The minimum atomic E-state index is -1.00. The molecule has 0 saturated carbocycles. The SMILES string of the molecule is Cc1cccc(C)c1NC(=O)CNC(=O)C(C)OC(=O)Cc1c[nH]c2ccccc12. The molecular formula is C23H25N3O4. The van der Waals surface area contributed by atoms with E-state index in [0.717, 1.165) is 33.3 Å². The highest BCUT2D eigenvalue weighted by molar-refractivity contribution is 5.96. The Hall–Kier alpha value is -3.61. The Morgan fingerprint density at radius 2 is 1.73 bits per heavy atom. The first kappa shape index (κ1) is 21.1. The molecule has 1 heterocycles. The zero-order valence-corrected chi connectivity index (χ0v) is 17.2. The molecule has 1 unspecified atom stereocenters. The van der Waals surface area contributed by atoms with Crippen LogP contribution in [0, 0.1) is 13.8 Å². The second-order valence-corrected chi connectivity index (χ2v) is 7.20. The number of H-pyrrole nitrogens is 1. The summed E-state index contributed by atoms with van der Waals surface area (Å²) < 4.78 is 5.23. The predicted octanol–water partition coefficient (Wildman–Crippen LogP) is 3.01. The number of rotatable bonds is 7. The number of fused-ring (bicyclic) bond motifs is 1. The molecule has 3 rings (SSSR count). The van der Waals surface area contributed by atoms with Crippen LogP contribution in [0.25, 0.3) is 10.9 Å². The average Bonchev–Trinajstić information content (AvgIpc) is 3.11. The average molecular weight is 407 g/mol. The van der Waals surface area contributed by atoms with Crippen LogP contribution in [0.1, 0.15) is 23.6 Å². The number of ether oxygens (including phenoxy) is 1. The number of hydrogen-bond donors (Lipinski definition) is 3. The van der Waals surface area contributed by atoms with Crippen molar-refractivity contribution in [2.75, 3.05) is 11.9 Å². The van der Waals surface area contributed by atoms with Crippen LogP contribution in [-0.4, -0.2) is 35.4 Å². The molecule has 1 aromatic heterocycles. The Kier molecular flexibility index (Phi) is 6.51. The summed E-state index contributed by atoms with van der Waals surface area (Å²) in [6, 6.07) is 13.3. The van der Waals surface area contributed by atoms with Crippen LogP contribution in [0.2, 0.25) is 0 Å². The Labute approximate surface area is 174 Å². The van der Waals surface area contributed by atoms with Gasteiger partial charge in [-0.15, -0.1) is 0 Å². The van der Waals surface area contributed by atoms with Gasteiger partial charge in [0.05, 0.1) is 13.0 Å². The summed E-state index contributed by atoms with van der Waals surface area (Å²) in [6.07, 6.45) is 0.805. The lowest BCUT2D eigenvalue weighted by molar-refractivity contribution is -0.154. The first-order chi connectivity index (χ1) is 14.3. The number of aromatic nitrogens is 1. The van der Waals surface area contributed by atoms with Gasteiger partial charge in [-0.05, 0) is 43.5 Å². The predicted molar refractivity (Wildman–Crippen MR) is 115 cm³/mol. The Morgan fingerprint density at radius 1 is 1.03 bits per heavy atom. The zero-order valence-electron chi connectivity index (χ0n) is 17.2. The molecule has 0 spiro atoms. The van der Waals surface area contributed by atoms with Gasteiger partial charge in [0, 0.05) is 22.8 Å². The number of carbonyl (C=O) groups is 3. The minimum absolute atomic E-state index is 0.0503. The van der Waals surface area contributed by atoms with Crippen LogP contribution in [0.3, 0.4) is 0 Å². The molecule has 0 aliphatic heterocycles. The van der Waals surface area contributed by atoms with E-state index in [2.05, 4.69) is 15.6 Å². The topological polar surface area (TPSA) is 100 Å². The van der Waals surface area contributed by atoms with E-state index in [1.807, 2.05) is 56.3 Å². The number of esters is 1. The first-order valence-electron chi connectivity index (χ1n) is 9.73. The van der Waals surface area contributed by atoms with Crippen LogP contribution >= 0.6 is 0 Å². The maximum Gasteiger partial charge on any atom is 0.311 e. The third-order valence-electron chi connectivity index (χ3n) is 4.86. The molecule has 0 radical (unpaired) electrons. The molecule has 1 atom stereocenters. The monoisotopic (exact) mass is 407 g/mol. The second kappa shape index (κ2) is 9.26. The molecule has 0 aliphatic carbocycles. The molecule has 0 saturated heterocycles. The fraction of sp³-hybridized carbons (Fsp3) is 0.261. The smallest absolute Gasteiger partial charge is 0.311 e. The fourth-order valence-electron chi connectivity index (χ4n) is 3.23. The number of aromatic amines is 1. The van der Waals surface area contributed by atoms with Crippen LogP contribution in [-0.2, 0) is 25.5 Å². The minimum Gasteiger partial charge on any atom is -0.452 e. The highest BCUT2D eigenvalue weighted by Crippen LogP contribution is 2.19. The molecule has 2 amide bonds. The van der Waals surface area contributed by atoms with Crippen molar-refractivity contribution in [3.63, 3.8) is 0 Å². The summed E-state index contributed by atoms with van der Waals surface area (Å²) in [5, 5.41) is 6.24. The number of nitrogens with one attached hydrogen (secondary N) is 3. The number of aryl methyl sites for hydroxylation is 2. The molecule has 156 valence electrons. The Bertz CT molecular complexity index is 1070. The van der Waals surface area contributed by atoms with Gasteiger partial charge in [0.25, 0.3) is 5.91 Å². The van der Waals surface area contributed by atoms with Gasteiger partial charge in [0.15, 0.2) is 6.10 Å². The van der Waals surface area contributed by atoms with E-state index >= 15 is 0 Å². The summed E-state index contributed by atoms with van der Waals surface area (Å²) >= 11 is 0. The summed E-state index contributed by atoms with van der Waals surface area (Å²) in [5.41, 5.74) is 4.34. The van der Waals surface area contributed by atoms with Crippen molar-refractivity contribution in [1.82, 2.24) is 10.3 Å². The quantitative estimate of drug-likeness (QED) is 0.524. The second-order valence-electron chi connectivity index (χ2n) is 7.20. The maximum atomic E-state index is 12.2. The summed E-state index contributed by atoms with van der Waals surface area (Å²) in [7, 11) is 0. The summed E-state index contributed by atoms with van der Waals surface area (Å²) in [6.45, 7) is 5.07. The number of benzene rings is 2. The highest BCUT2D eigenvalue weighted by Gasteiger charge is 2.19. The lowest BCUT2D eigenvalue weighted by atomic mass is 10.1. The van der Waals surface area contributed by atoms with Crippen molar-refractivity contribution in [3.05, 3.63) is 65.4 Å². The number of hydrogen-bond acceptors (Lipinski definition) is 4. The maximum absolute atomic E-state index is 12.2. The number of para-hydroxylation sites is 2. The highest BCUT2D eigenvalue weighted by atomic mass is 16.5. The zero-order chi connectivity index (χ0) is 21.7. The third kappa shape index (κ3) is 5.05. The van der Waals surface area contributed by atoms with Crippen LogP contribution in [0.4, 0.5) is 5.69 Å². The lowest BCUT2D eigenvalue weighted by Gasteiger charge is -2.14. The number of anilines is 1. The molecule has 2 aromatic carbocycles. The van der Waals surface area contributed by atoms with E-state index in [9.17, 15) is 14.4 Å². The van der Waals surface area contributed by atoms with Crippen molar-refractivity contribution in [3.8, 4) is 0 Å². The van der Waals surface area contributed by atoms with Crippen molar-refractivity contribution in [2.24, 2.45) is 0 Å². The van der Waals surface area contributed by atoms with Crippen molar-refractivity contribution < 1.29 is 19.1 Å². The van der Waals surface area contributed by atoms with Gasteiger partial charge in [-0.1, -0.05) is 36.4 Å². The van der Waals surface area contributed by atoms with E-state index in [4.69, 9.17) is 4.74 Å². The van der Waals surface area contributed by atoms with Gasteiger partial charge in [0.2, 0.25) is 5.91 Å². The molecular weight excluding hydrogens is 382 g/mol. The molecule has 30 heavy (non-hydrogen) atoms. The van der Waals surface area contributed by atoms with E-state index in [1.165, 1.54) is 6.92 Å². The normalized spacial score (nSPS) is 11.7. The van der Waals surface area contributed by atoms with E-state index < -0.39 is 18.0 Å². The Balaban J connectivity index is 1.48. The third-order valence-corrected chi connectivity index (χ3v) is 4.86. The van der Waals surface area contributed by atoms with Gasteiger partial charge in [-0.2, -0.15) is 0 Å². The van der Waals surface area contributed by atoms with Gasteiger partial charge >= 0.3 is 5.97 Å². The van der Waals surface area contributed by atoms with Gasteiger partial charge in [0.1, 0.15) is 0 Å². The van der Waals surface area contributed by atoms with Gasteiger partial charge in [-0.25, -0.2) is 0 Å². The molecule has 7 heteroatoms. The fourth-order valence-corrected chi connectivity index (χ4v) is 3.23. The van der Waals surface area contributed by atoms with Crippen LogP contribution in [0.15, 0.2) is 48.7 Å². The molecule has 3 N–H and O–H groups in total. The van der Waals surface area contributed by atoms with Gasteiger partial charge in [-0.3, -0.25) is 14.4 Å². The molecule has 0 fully saturated rings. The lowest BCUT2D eigenvalue weighted by Crippen LogP contribution is -2.40. The van der Waals surface area contributed by atoms with Crippen molar-refractivity contribution in [2.45, 2.75) is 33.3 Å². The standard InChI is InChI=1S/C23H25N3O4/c1-14-7-6-8-15(2)22(14)26-20(27)13-25-23(29)16(3)30-21(28)11-17-12-24-19-10-5-4-9-18(17)19/h4-10,12,16,24H,11,13H2,1-3H3,(H,25,29)(H,26,27). The van der Waals surface area contributed by atoms with E-state index in [-0.39, 0.29) is 18.9 Å². The Morgan fingerprint density at radius 3 is 2.47 bits per heavy atom. The number of carbonyl (C=O) groups excluding carboxylic acids is 3. The van der Waals surface area contributed by atoms with Crippen molar-refractivity contribution in [1.29, 1.82) is 0 Å². The summed E-state index contributed by atoms with van der Waals surface area (Å²) in [4.78, 5) is 39.7. The molecule has 7 nitrogen and oxygen atoms in total. The van der Waals surface area contributed by atoms with E-state index in [1.54, 1.807) is 6.20 Å². The molecule has 0 aliphatic rings. The molecule has 0 bridgehead atoms. The van der Waals surface area contributed by atoms with Gasteiger partial charge < -0.3 is 20.4 Å². The van der Waals surface area contributed by atoms with Crippen LogP contribution in [0.5, 0.6) is 0 Å². The number of amides is 2. The van der Waals surface area contributed by atoms with E-state index in [0.29, 0.717) is 0 Å². The molecule has 3 aromatic rings. The largest absolute Gasteiger partial charge is 0.452 e.